The van der Waals surface area contributed by atoms with E-state index in [1.54, 1.807) is 29.8 Å². The lowest BCUT2D eigenvalue weighted by Gasteiger charge is -2.14. The number of nitrogens with one attached hydrogen (secondary N) is 1. The van der Waals surface area contributed by atoms with Gasteiger partial charge in [-0.1, -0.05) is 48.5 Å². The minimum absolute atomic E-state index is 0.0757. The first-order valence-corrected chi connectivity index (χ1v) is 13.8. The number of anilines is 2. The molecule has 3 N–H and O–H groups in total. The van der Waals surface area contributed by atoms with Gasteiger partial charge in [-0.15, -0.1) is 15.3 Å². The van der Waals surface area contributed by atoms with Gasteiger partial charge < -0.3 is 14.8 Å². The Morgan fingerprint density at radius 1 is 0.800 bits per heavy atom. The van der Waals surface area contributed by atoms with Gasteiger partial charge in [0, 0.05) is 27.6 Å². The van der Waals surface area contributed by atoms with Crippen LogP contribution in [0.3, 0.4) is 0 Å². The Kier molecular flexibility index (Phi) is 6.29. The van der Waals surface area contributed by atoms with Crippen molar-refractivity contribution in [3.05, 3.63) is 91.0 Å². The van der Waals surface area contributed by atoms with Gasteiger partial charge in [0.15, 0.2) is 17.3 Å². The molecule has 0 unspecified atom stereocenters. The van der Waals surface area contributed by atoms with Gasteiger partial charge in [0.1, 0.15) is 16.4 Å². The van der Waals surface area contributed by atoms with Crippen LogP contribution in [0.4, 0.5) is 11.5 Å². The molecule has 0 aliphatic carbocycles. The summed E-state index contributed by atoms with van der Waals surface area (Å²) in [6.07, 6.45) is 0. The summed E-state index contributed by atoms with van der Waals surface area (Å²) in [7, 11) is -1.04. The summed E-state index contributed by atoms with van der Waals surface area (Å²) in [6.45, 7) is 0. The van der Waals surface area contributed by atoms with Crippen molar-refractivity contribution < 1.29 is 17.9 Å². The molecule has 0 aliphatic rings. The smallest absolute Gasteiger partial charge is 0.242 e. The van der Waals surface area contributed by atoms with E-state index < -0.39 is 10.0 Å². The van der Waals surface area contributed by atoms with Crippen LogP contribution in [0.1, 0.15) is 0 Å². The molecule has 2 heterocycles. The predicted octanol–water partition coefficient (Wildman–Crippen LogP) is 5.02. The number of primary sulfonamides is 1. The maximum Gasteiger partial charge on any atom is 0.242 e. The van der Waals surface area contributed by atoms with E-state index >= 15 is 0 Å². The fourth-order valence-corrected chi connectivity index (χ4v) is 5.62. The van der Waals surface area contributed by atoms with Crippen molar-refractivity contribution in [1.29, 1.82) is 0 Å². The molecule has 40 heavy (non-hydrogen) atoms. The van der Waals surface area contributed by atoms with Crippen molar-refractivity contribution in [2.45, 2.75) is 4.90 Å². The number of hydrogen-bond acceptors (Lipinski definition) is 8. The zero-order chi connectivity index (χ0) is 27.9. The Morgan fingerprint density at radius 3 is 2.27 bits per heavy atom. The standard InChI is InChI=1S/C29H24N6O4S/c1-38-21-15-13-18(14-16-21)28-32-33-29-24-10-4-3-9-23(24)27(34-35(28)29)31-20-8-5-7-19(17-20)22-11-6-12-25(39-2)26(22)40(30,36)37/h3-17H,1-2H3,(H,31,34)(H2,30,36,37). The quantitative estimate of drug-likeness (QED) is 0.282. The van der Waals surface area contributed by atoms with Crippen molar-refractivity contribution in [2.75, 3.05) is 19.5 Å². The highest BCUT2D eigenvalue weighted by Gasteiger charge is 2.21. The molecular formula is C29H24N6O4S. The first-order valence-electron chi connectivity index (χ1n) is 12.2. The molecule has 0 aliphatic heterocycles. The molecule has 11 heteroatoms. The fourth-order valence-electron chi connectivity index (χ4n) is 4.69. The first kappa shape index (κ1) is 25.3. The number of rotatable bonds is 7. The van der Waals surface area contributed by atoms with Crippen LogP contribution in [0.15, 0.2) is 95.9 Å². The molecule has 0 radical (unpaired) electrons. The normalized spacial score (nSPS) is 11.6. The number of benzene rings is 4. The summed E-state index contributed by atoms with van der Waals surface area (Å²) in [4.78, 5) is -0.0757. The lowest BCUT2D eigenvalue weighted by molar-refractivity contribution is 0.403. The highest BCUT2D eigenvalue weighted by molar-refractivity contribution is 7.89. The van der Waals surface area contributed by atoms with Gasteiger partial charge in [-0.2, -0.15) is 4.52 Å². The zero-order valence-corrected chi connectivity index (χ0v) is 22.4. The van der Waals surface area contributed by atoms with Gasteiger partial charge in [0.2, 0.25) is 10.0 Å². The van der Waals surface area contributed by atoms with E-state index in [0.29, 0.717) is 34.1 Å². The third-order valence-corrected chi connectivity index (χ3v) is 7.52. The van der Waals surface area contributed by atoms with Crippen LogP contribution >= 0.6 is 0 Å². The minimum atomic E-state index is -4.06. The Bertz CT molecular complexity index is 1990. The lowest BCUT2D eigenvalue weighted by Crippen LogP contribution is -2.14. The second kappa shape index (κ2) is 9.95. The molecule has 4 aromatic carbocycles. The average molecular weight is 553 g/mol. The molecule has 2 aromatic heterocycles. The van der Waals surface area contributed by atoms with Crippen LogP contribution in [-0.4, -0.2) is 42.4 Å². The number of fused-ring (bicyclic) bond motifs is 3. The van der Waals surface area contributed by atoms with Crippen molar-refractivity contribution in [3.63, 3.8) is 0 Å². The Balaban J connectivity index is 1.47. The molecule has 0 saturated heterocycles. The molecule has 0 saturated carbocycles. The Morgan fingerprint density at radius 2 is 1.55 bits per heavy atom. The van der Waals surface area contributed by atoms with Gasteiger partial charge in [-0.25, -0.2) is 13.6 Å². The second-order valence-corrected chi connectivity index (χ2v) is 10.5. The molecule has 0 amide bonds. The first-order chi connectivity index (χ1) is 19.4. The van der Waals surface area contributed by atoms with Gasteiger partial charge in [-0.05, 0) is 48.0 Å². The third kappa shape index (κ3) is 4.46. The highest BCUT2D eigenvalue weighted by Crippen LogP contribution is 2.36. The van der Waals surface area contributed by atoms with Crippen LogP contribution in [0.25, 0.3) is 38.9 Å². The number of sulfonamides is 1. The van der Waals surface area contributed by atoms with Gasteiger partial charge in [0.05, 0.1) is 14.2 Å². The van der Waals surface area contributed by atoms with Gasteiger partial charge >= 0.3 is 0 Å². The van der Waals surface area contributed by atoms with Crippen molar-refractivity contribution >= 4 is 37.9 Å². The predicted molar refractivity (Wildman–Crippen MR) is 153 cm³/mol. The molecule has 6 rings (SSSR count). The molecule has 10 nitrogen and oxygen atoms in total. The van der Waals surface area contributed by atoms with Crippen molar-refractivity contribution in [1.82, 2.24) is 19.8 Å². The van der Waals surface area contributed by atoms with Gasteiger partial charge in [0.25, 0.3) is 0 Å². The molecule has 200 valence electrons. The number of nitrogens with zero attached hydrogens (tertiary/aromatic N) is 4. The number of nitrogens with two attached hydrogens (primary N) is 1. The van der Waals surface area contributed by atoms with Crippen LogP contribution < -0.4 is 19.9 Å². The molecule has 0 atom stereocenters. The highest BCUT2D eigenvalue weighted by atomic mass is 32.2. The van der Waals surface area contributed by atoms with E-state index in [4.69, 9.17) is 19.7 Å². The van der Waals surface area contributed by atoms with E-state index in [2.05, 4.69) is 15.5 Å². The molecule has 0 bridgehead atoms. The Labute approximate surface area is 230 Å². The molecule has 0 spiro atoms. The zero-order valence-electron chi connectivity index (χ0n) is 21.6. The topological polar surface area (TPSA) is 134 Å². The van der Waals surface area contributed by atoms with Crippen molar-refractivity contribution in [2.24, 2.45) is 5.14 Å². The van der Waals surface area contributed by atoms with Gasteiger partial charge in [-0.3, -0.25) is 0 Å². The number of ether oxygens (including phenoxy) is 2. The monoisotopic (exact) mass is 552 g/mol. The summed E-state index contributed by atoms with van der Waals surface area (Å²) in [5.41, 5.74) is 3.21. The molecule has 0 fully saturated rings. The third-order valence-electron chi connectivity index (χ3n) is 6.53. The molecule has 6 aromatic rings. The van der Waals surface area contributed by atoms with E-state index in [-0.39, 0.29) is 10.6 Å². The average Bonchev–Trinajstić information content (AvgIpc) is 3.40. The van der Waals surface area contributed by atoms with E-state index in [1.165, 1.54) is 7.11 Å². The summed E-state index contributed by atoms with van der Waals surface area (Å²) in [5, 5.41) is 24.4. The minimum Gasteiger partial charge on any atom is -0.497 e. The van der Waals surface area contributed by atoms with Crippen LogP contribution in [0.2, 0.25) is 0 Å². The van der Waals surface area contributed by atoms with Crippen molar-refractivity contribution in [3.8, 4) is 34.0 Å². The fraction of sp³-hybridized carbons (Fsp3) is 0.0690. The largest absolute Gasteiger partial charge is 0.497 e. The maximum atomic E-state index is 12.5. The molecular weight excluding hydrogens is 528 g/mol. The summed E-state index contributed by atoms with van der Waals surface area (Å²) in [5.74, 6) is 2.07. The summed E-state index contributed by atoms with van der Waals surface area (Å²) >= 11 is 0. The second-order valence-electron chi connectivity index (χ2n) is 8.97. The SMILES string of the molecule is COc1ccc(-c2nnc3c4ccccc4c(Nc4cccc(-c5cccc(OC)c5S(N)(=O)=O)c4)nn23)cc1. The van der Waals surface area contributed by atoms with Crippen LogP contribution in [0.5, 0.6) is 11.5 Å². The summed E-state index contributed by atoms with van der Waals surface area (Å²) < 4.78 is 37.2. The number of methoxy groups -OCH3 is 2. The maximum absolute atomic E-state index is 12.5. The lowest BCUT2D eigenvalue weighted by atomic mass is 10.0. The van der Waals surface area contributed by atoms with E-state index in [0.717, 1.165) is 22.1 Å². The van der Waals surface area contributed by atoms with E-state index in [1.807, 2.05) is 72.8 Å². The number of hydrogen-bond donors (Lipinski definition) is 2. The van der Waals surface area contributed by atoms with E-state index in [9.17, 15) is 8.42 Å². The summed E-state index contributed by atoms with van der Waals surface area (Å²) in [6, 6.07) is 27.6. The Hall–Kier alpha value is -5.00. The van der Waals surface area contributed by atoms with Crippen LogP contribution in [-0.2, 0) is 10.0 Å². The van der Waals surface area contributed by atoms with Crippen LogP contribution in [0, 0.1) is 0 Å². The number of aromatic nitrogens is 4.